The second kappa shape index (κ2) is 10.7. The molecule has 2 aliphatic rings. The summed E-state index contributed by atoms with van der Waals surface area (Å²) in [5, 5.41) is 4.05. The summed E-state index contributed by atoms with van der Waals surface area (Å²) in [5.41, 5.74) is 0. The summed E-state index contributed by atoms with van der Waals surface area (Å²) < 4.78 is 11.3. The second-order valence-corrected chi connectivity index (χ2v) is 7.95. The van der Waals surface area contributed by atoms with E-state index in [1.807, 2.05) is 36.1 Å². The van der Waals surface area contributed by atoms with Crippen LogP contribution in [0.25, 0.3) is 0 Å². The van der Waals surface area contributed by atoms with Gasteiger partial charge in [-0.25, -0.2) is 0 Å². The van der Waals surface area contributed by atoms with Crippen LogP contribution < -0.4 is 10.1 Å². The smallest absolute Gasteiger partial charge is 0.225 e. The number of halogens is 1. The molecule has 2 aliphatic heterocycles. The van der Waals surface area contributed by atoms with E-state index in [0.29, 0.717) is 37.9 Å². The minimum absolute atomic E-state index is 0.0364. The number of nitrogens with zero attached hydrogens (tertiary/aromatic N) is 3. The van der Waals surface area contributed by atoms with Crippen molar-refractivity contribution in [2.45, 2.75) is 25.9 Å². The number of guanidine groups is 1. The molecule has 7 nitrogen and oxygen atoms in total. The summed E-state index contributed by atoms with van der Waals surface area (Å²) in [4.78, 5) is 21.3. The fourth-order valence-corrected chi connectivity index (χ4v) is 3.94. The molecule has 1 N–H and O–H groups in total. The summed E-state index contributed by atoms with van der Waals surface area (Å²) in [7, 11) is 1.79. The van der Waals surface area contributed by atoms with Crippen molar-refractivity contribution in [1.82, 2.24) is 15.1 Å². The number of nitrogens with one attached hydrogen (secondary N) is 1. The Bertz CT molecular complexity index is 701. The fourth-order valence-electron chi connectivity index (χ4n) is 3.76. The molecule has 0 saturated carbocycles. The van der Waals surface area contributed by atoms with Crippen LogP contribution in [0.5, 0.6) is 5.75 Å². The lowest BCUT2D eigenvalue weighted by Gasteiger charge is -2.37. The van der Waals surface area contributed by atoms with E-state index in [1.165, 1.54) is 0 Å². The van der Waals surface area contributed by atoms with E-state index >= 15 is 0 Å². The van der Waals surface area contributed by atoms with Crippen molar-refractivity contribution in [2.75, 3.05) is 53.0 Å². The van der Waals surface area contributed by atoms with Gasteiger partial charge in [-0.2, -0.15) is 0 Å². The quantitative estimate of drug-likeness (QED) is 0.582. The number of aliphatic imine (C=N–C) groups is 1. The van der Waals surface area contributed by atoms with E-state index in [-0.39, 0.29) is 17.9 Å². The van der Waals surface area contributed by atoms with E-state index in [4.69, 9.17) is 21.1 Å². The second-order valence-electron chi connectivity index (χ2n) is 7.51. The standard InChI is InChI=1S/C21H31ClN4O3/c1-16(29-19-5-3-4-18(22)14-19)15-24-21(23-2)26-8-6-17(7-9-26)20(27)25-10-12-28-13-11-25/h3-5,14,16-17H,6-13,15H2,1-2H3,(H,23,24). The maximum atomic E-state index is 12.7. The molecule has 1 aromatic carbocycles. The summed E-state index contributed by atoms with van der Waals surface area (Å²) in [5.74, 6) is 1.99. The number of likely N-dealkylation sites (tertiary alicyclic amines) is 1. The summed E-state index contributed by atoms with van der Waals surface area (Å²) >= 11 is 6.01. The van der Waals surface area contributed by atoms with Crippen LogP contribution >= 0.6 is 11.6 Å². The van der Waals surface area contributed by atoms with Crippen LogP contribution in [0.1, 0.15) is 19.8 Å². The number of rotatable bonds is 5. The van der Waals surface area contributed by atoms with Crippen LogP contribution in [-0.4, -0.2) is 80.8 Å². The lowest BCUT2D eigenvalue weighted by atomic mass is 9.95. The number of hydrogen-bond donors (Lipinski definition) is 1. The summed E-state index contributed by atoms with van der Waals surface area (Å²) in [6, 6.07) is 7.41. The van der Waals surface area contributed by atoms with Gasteiger partial charge in [-0.1, -0.05) is 17.7 Å². The fraction of sp³-hybridized carbons (Fsp3) is 0.619. The van der Waals surface area contributed by atoms with E-state index in [0.717, 1.165) is 37.6 Å². The first kappa shape index (κ1) is 21.7. The molecule has 0 aromatic heterocycles. The monoisotopic (exact) mass is 422 g/mol. The third kappa shape index (κ3) is 6.24. The molecule has 29 heavy (non-hydrogen) atoms. The Morgan fingerprint density at radius 1 is 1.28 bits per heavy atom. The molecule has 1 aromatic rings. The maximum Gasteiger partial charge on any atom is 0.225 e. The molecule has 3 rings (SSSR count). The molecule has 8 heteroatoms. The highest BCUT2D eigenvalue weighted by molar-refractivity contribution is 6.30. The number of benzene rings is 1. The molecular weight excluding hydrogens is 392 g/mol. The molecular formula is C21H31ClN4O3. The Morgan fingerprint density at radius 3 is 2.66 bits per heavy atom. The van der Waals surface area contributed by atoms with E-state index in [1.54, 1.807) is 7.05 Å². The number of carbonyl (C=O) groups excluding carboxylic acids is 1. The Kier molecular flexibility index (Phi) is 8.00. The number of piperidine rings is 1. The first-order valence-corrected chi connectivity index (χ1v) is 10.7. The highest BCUT2D eigenvalue weighted by atomic mass is 35.5. The molecule has 1 atom stereocenters. The van der Waals surface area contributed by atoms with Gasteiger partial charge in [-0.05, 0) is 38.0 Å². The molecule has 2 heterocycles. The number of hydrogen-bond acceptors (Lipinski definition) is 4. The Hall–Kier alpha value is -1.99. The zero-order valence-corrected chi connectivity index (χ0v) is 18.0. The van der Waals surface area contributed by atoms with E-state index in [9.17, 15) is 4.79 Å². The van der Waals surface area contributed by atoms with Crippen molar-refractivity contribution in [2.24, 2.45) is 10.9 Å². The minimum Gasteiger partial charge on any atom is -0.489 e. The van der Waals surface area contributed by atoms with Gasteiger partial charge < -0.3 is 24.6 Å². The molecule has 2 saturated heterocycles. The lowest BCUT2D eigenvalue weighted by molar-refractivity contribution is -0.140. The van der Waals surface area contributed by atoms with Crippen LogP contribution in [0.4, 0.5) is 0 Å². The predicted octanol–water partition coefficient (Wildman–Crippen LogP) is 2.25. The number of carbonyl (C=O) groups is 1. The molecule has 0 radical (unpaired) electrons. The zero-order valence-electron chi connectivity index (χ0n) is 17.3. The average molecular weight is 423 g/mol. The SMILES string of the molecule is CN=C(NCC(C)Oc1cccc(Cl)c1)N1CCC(C(=O)N2CCOCC2)CC1. The van der Waals surface area contributed by atoms with Crippen LogP contribution in [0.3, 0.4) is 0 Å². The topological polar surface area (TPSA) is 66.4 Å². The largest absolute Gasteiger partial charge is 0.489 e. The summed E-state index contributed by atoms with van der Waals surface area (Å²) in [6.45, 7) is 7.01. The predicted molar refractivity (Wildman–Crippen MR) is 115 cm³/mol. The molecule has 160 valence electrons. The average Bonchev–Trinajstić information content (AvgIpc) is 2.75. The van der Waals surface area contributed by atoms with Gasteiger partial charge >= 0.3 is 0 Å². The van der Waals surface area contributed by atoms with Crippen molar-refractivity contribution in [3.05, 3.63) is 29.3 Å². The van der Waals surface area contributed by atoms with Crippen molar-refractivity contribution >= 4 is 23.5 Å². The Labute approximate surface area is 178 Å². The number of morpholine rings is 1. The van der Waals surface area contributed by atoms with Crippen molar-refractivity contribution in [3.8, 4) is 5.75 Å². The van der Waals surface area contributed by atoms with E-state index in [2.05, 4.69) is 15.2 Å². The van der Waals surface area contributed by atoms with Crippen LogP contribution in [0.2, 0.25) is 5.02 Å². The Balaban J connectivity index is 1.43. The van der Waals surface area contributed by atoms with Crippen molar-refractivity contribution in [3.63, 3.8) is 0 Å². The first-order valence-electron chi connectivity index (χ1n) is 10.3. The number of amides is 1. The van der Waals surface area contributed by atoms with Gasteiger partial charge in [0.1, 0.15) is 11.9 Å². The lowest BCUT2D eigenvalue weighted by Crippen LogP contribution is -2.50. The van der Waals surface area contributed by atoms with Gasteiger partial charge in [0.25, 0.3) is 0 Å². The molecule has 2 fully saturated rings. The normalized spacial score (nSPS) is 19.8. The highest BCUT2D eigenvalue weighted by Crippen LogP contribution is 2.21. The zero-order chi connectivity index (χ0) is 20.6. The first-order chi connectivity index (χ1) is 14.1. The molecule has 1 amide bonds. The summed E-state index contributed by atoms with van der Waals surface area (Å²) in [6.07, 6.45) is 1.67. The maximum absolute atomic E-state index is 12.7. The molecule has 0 aliphatic carbocycles. The van der Waals surface area contributed by atoms with Crippen molar-refractivity contribution < 1.29 is 14.3 Å². The molecule has 1 unspecified atom stereocenters. The van der Waals surface area contributed by atoms with Crippen LogP contribution in [0.15, 0.2) is 29.3 Å². The van der Waals surface area contributed by atoms with Gasteiger partial charge in [-0.3, -0.25) is 9.79 Å². The number of ether oxygens (including phenoxy) is 2. The van der Waals surface area contributed by atoms with E-state index < -0.39 is 0 Å². The Morgan fingerprint density at radius 2 is 2.00 bits per heavy atom. The molecule has 0 bridgehead atoms. The van der Waals surface area contributed by atoms with Gasteiger partial charge in [-0.15, -0.1) is 0 Å². The van der Waals surface area contributed by atoms with Gasteiger partial charge in [0.2, 0.25) is 5.91 Å². The van der Waals surface area contributed by atoms with Crippen molar-refractivity contribution in [1.29, 1.82) is 0 Å². The van der Waals surface area contributed by atoms with Crippen LogP contribution in [-0.2, 0) is 9.53 Å². The third-order valence-electron chi connectivity index (χ3n) is 5.36. The van der Waals surface area contributed by atoms with Gasteiger partial charge in [0, 0.05) is 44.2 Å². The highest BCUT2D eigenvalue weighted by Gasteiger charge is 2.30. The minimum atomic E-state index is -0.0364. The molecule has 0 spiro atoms. The van der Waals surface area contributed by atoms with Gasteiger partial charge in [0.15, 0.2) is 5.96 Å². The third-order valence-corrected chi connectivity index (χ3v) is 5.59. The van der Waals surface area contributed by atoms with Gasteiger partial charge in [0.05, 0.1) is 19.8 Å². The van der Waals surface area contributed by atoms with Crippen LogP contribution in [0, 0.1) is 5.92 Å².